The Hall–Kier alpha value is -2.09. The molecule has 0 amide bonds. The fourth-order valence-electron chi connectivity index (χ4n) is 4.61. The van der Waals surface area contributed by atoms with Crippen LogP contribution in [0.25, 0.3) is 16.8 Å². The first kappa shape index (κ1) is 15.2. The zero-order chi connectivity index (χ0) is 17.2. The van der Waals surface area contributed by atoms with Crippen molar-refractivity contribution in [3.63, 3.8) is 0 Å². The number of aromatic amines is 1. The van der Waals surface area contributed by atoms with Gasteiger partial charge in [-0.3, -0.25) is 9.30 Å². The second-order valence-electron chi connectivity index (χ2n) is 7.38. The molecule has 1 aliphatic carbocycles. The molecule has 0 aromatic carbocycles. The summed E-state index contributed by atoms with van der Waals surface area (Å²) in [4.78, 5) is 9.41. The van der Waals surface area contributed by atoms with E-state index in [1.807, 2.05) is 17.2 Å². The molecule has 3 atom stereocenters. The van der Waals surface area contributed by atoms with E-state index in [-0.39, 0.29) is 25.0 Å². The summed E-state index contributed by atoms with van der Waals surface area (Å²) in [6.07, 6.45) is 6.41. The smallest absolute Gasteiger partial charge is 0.272 e. The SMILES string of the molecule is CCC1CC(N2CC(F)(F)C2)CC1c1nnc2cnc3[nH]ccc3n12. The summed E-state index contributed by atoms with van der Waals surface area (Å²) in [5, 5.41) is 8.76. The molecule has 132 valence electrons. The Bertz CT molecular complexity index is 924. The second-order valence-corrected chi connectivity index (χ2v) is 7.38. The van der Waals surface area contributed by atoms with E-state index in [4.69, 9.17) is 0 Å². The van der Waals surface area contributed by atoms with Crippen molar-refractivity contribution < 1.29 is 8.78 Å². The van der Waals surface area contributed by atoms with E-state index in [9.17, 15) is 8.78 Å². The van der Waals surface area contributed by atoms with Crippen LogP contribution in [0.4, 0.5) is 8.78 Å². The van der Waals surface area contributed by atoms with Gasteiger partial charge >= 0.3 is 0 Å². The van der Waals surface area contributed by atoms with Crippen LogP contribution < -0.4 is 0 Å². The molecule has 1 saturated heterocycles. The number of nitrogens with one attached hydrogen (secondary N) is 1. The van der Waals surface area contributed by atoms with Crippen molar-refractivity contribution in [1.29, 1.82) is 0 Å². The molecule has 3 aromatic heterocycles. The van der Waals surface area contributed by atoms with E-state index < -0.39 is 5.92 Å². The highest BCUT2D eigenvalue weighted by Gasteiger charge is 2.50. The first-order valence-electron chi connectivity index (χ1n) is 8.85. The standard InChI is InChI=1S/C17H20F2N6/c1-2-10-5-11(24-8-17(18,19)9-24)6-12(10)16-23-22-14-7-21-15-13(25(14)16)3-4-20-15/h3-4,7,10-12,20H,2,5-6,8-9H2,1H3. The van der Waals surface area contributed by atoms with Crippen LogP contribution >= 0.6 is 0 Å². The number of H-pyrrole nitrogens is 1. The van der Waals surface area contributed by atoms with Crippen LogP contribution in [0.1, 0.15) is 37.9 Å². The maximum Gasteiger partial charge on any atom is 0.272 e. The third kappa shape index (κ3) is 2.27. The van der Waals surface area contributed by atoms with E-state index >= 15 is 0 Å². The maximum absolute atomic E-state index is 13.3. The van der Waals surface area contributed by atoms with E-state index in [1.54, 1.807) is 6.20 Å². The summed E-state index contributed by atoms with van der Waals surface area (Å²) in [6.45, 7) is 1.96. The fourth-order valence-corrected chi connectivity index (χ4v) is 4.61. The van der Waals surface area contributed by atoms with Gasteiger partial charge in [-0.2, -0.15) is 0 Å². The lowest BCUT2D eigenvalue weighted by Gasteiger charge is -2.42. The van der Waals surface area contributed by atoms with Crippen LogP contribution in [0.5, 0.6) is 0 Å². The Kier molecular flexibility index (Phi) is 3.16. The Morgan fingerprint density at radius 2 is 2.12 bits per heavy atom. The molecular weight excluding hydrogens is 326 g/mol. The number of nitrogens with zero attached hydrogens (tertiary/aromatic N) is 5. The maximum atomic E-state index is 13.3. The largest absolute Gasteiger partial charge is 0.345 e. The molecule has 1 N–H and O–H groups in total. The van der Waals surface area contributed by atoms with Crippen molar-refractivity contribution in [3.05, 3.63) is 24.3 Å². The lowest BCUT2D eigenvalue weighted by atomic mass is 9.93. The number of alkyl halides is 2. The van der Waals surface area contributed by atoms with Gasteiger partial charge in [-0.05, 0) is 24.8 Å². The molecule has 0 spiro atoms. The van der Waals surface area contributed by atoms with E-state index in [0.717, 1.165) is 41.9 Å². The highest BCUT2D eigenvalue weighted by atomic mass is 19.3. The predicted octanol–water partition coefficient (Wildman–Crippen LogP) is 2.83. The van der Waals surface area contributed by atoms with Crippen LogP contribution in [0.2, 0.25) is 0 Å². The van der Waals surface area contributed by atoms with Crippen molar-refractivity contribution in [1.82, 2.24) is 29.5 Å². The minimum Gasteiger partial charge on any atom is -0.345 e. The Morgan fingerprint density at radius 3 is 2.88 bits per heavy atom. The van der Waals surface area contributed by atoms with Gasteiger partial charge in [0.1, 0.15) is 5.82 Å². The molecule has 25 heavy (non-hydrogen) atoms. The third-order valence-corrected chi connectivity index (χ3v) is 5.88. The number of hydrogen-bond donors (Lipinski definition) is 1. The summed E-state index contributed by atoms with van der Waals surface area (Å²) >= 11 is 0. The molecule has 4 heterocycles. The molecule has 2 aliphatic rings. The minimum absolute atomic E-state index is 0.104. The highest BCUT2D eigenvalue weighted by Crippen LogP contribution is 2.45. The van der Waals surface area contributed by atoms with Gasteiger partial charge < -0.3 is 4.98 Å². The number of aromatic nitrogens is 5. The van der Waals surface area contributed by atoms with Gasteiger partial charge in [0, 0.05) is 18.2 Å². The zero-order valence-corrected chi connectivity index (χ0v) is 14.0. The number of halogens is 2. The molecule has 1 saturated carbocycles. The average Bonchev–Trinajstić information content (AvgIpc) is 3.27. The van der Waals surface area contributed by atoms with Gasteiger partial charge in [-0.15, -0.1) is 10.2 Å². The lowest BCUT2D eigenvalue weighted by molar-refractivity contribution is -0.145. The summed E-state index contributed by atoms with van der Waals surface area (Å²) < 4.78 is 28.6. The zero-order valence-electron chi connectivity index (χ0n) is 14.0. The summed E-state index contributed by atoms with van der Waals surface area (Å²) in [6, 6.07) is 2.19. The van der Waals surface area contributed by atoms with Gasteiger partial charge in [0.25, 0.3) is 5.92 Å². The Morgan fingerprint density at radius 1 is 1.28 bits per heavy atom. The van der Waals surface area contributed by atoms with Gasteiger partial charge in [0.2, 0.25) is 0 Å². The molecule has 3 aromatic rings. The topological polar surface area (TPSA) is 62.1 Å². The molecule has 2 fully saturated rings. The summed E-state index contributed by atoms with van der Waals surface area (Å²) in [7, 11) is 0. The third-order valence-electron chi connectivity index (χ3n) is 5.88. The van der Waals surface area contributed by atoms with Crippen LogP contribution in [-0.2, 0) is 0 Å². The molecule has 0 radical (unpaired) electrons. The lowest BCUT2D eigenvalue weighted by Crippen LogP contribution is -2.59. The quantitative estimate of drug-likeness (QED) is 0.792. The summed E-state index contributed by atoms with van der Waals surface area (Å²) in [5.41, 5.74) is 2.50. The van der Waals surface area contributed by atoms with Gasteiger partial charge in [-0.25, -0.2) is 13.8 Å². The molecule has 8 heteroatoms. The number of fused-ring (bicyclic) bond motifs is 3. The van der Waals surface area contributed by atoms with E-state index in [0.29, 0.717) is 5.92 Å². The first-order chi connectivity index (χ1) is 12.1. The van der Waals surface area contributed by atoms with Crippen molar-refractivity contribution in [2.75, 3.05) is 13.1 Å². The van der Waals surface area contributed by atoms with Gasteiger partial charge in [-0.1, -0.05) is 13.3 Å². The average molecular weight is 346 g/mol. The monoisotopic (exact) mass is 346 g/mol. The summed E-state index contributed by atoms with van der Waals surface area (Å²) in [5.74, 6) is -0.901. The number of hydrogen-bond acceptors (Lipinski definition) is 4. The van der Waals surface area contributed by atoms with E-state index in [1.165, 1.54) is 0 Å². The predicted molar refractivity (Wildman–Crippen MR) is 88.7 cm³/mol. The van der Waals surface area contributed by atoms with Gasteiger partial charge in [0.15, 0.2) is 11.3 Å². The minimum atomic E-state index is -2.51. The van der Waals surface area contributed by atoms with Crippen LogP contribution in [-0.4, -0.2) is 54.5 Å². The van der Waals surface area contributed by atoms with Crippen molar-refractivity contribution >= 4 is 16.8 Å². The molecule has 5 rings (SSSR count). The van der Waals surface area contributed by atoms with Crippen LogP contribution in [0.15, 0.2) is 18.5 Å². The van der Waals surface area contributed by atoms with Gasteiger partial charge in [0.05, 0.1) is 24.8 Å². The normalized spacial score (nSPS) is 29.5. The second kappa shape index (κ2) is 5.20. The van der Waals surface area contributed by atoms with E-state index in [2.05, 4.69) is 31.5 Å². The Labute approximate surface area is 143 Å². The first-order valence-corrected chi connectivity index (χ1v) is 8.85. The molecule has 1 aliphatic heterocycles. The van der Waals surface area contributed by atoms with Crippen molar-refractivity contribution in [2.45, 2.75) is 44.1 Å². The van der Waals surface area contributed by atoms with Crippen molar-refractivity contribution in [2.24, 2.45) is 5.92 Å². The number of likely N-dealkylation sites (tertiary alicyclic amines) is 1. The highest BCUT2D eigenvalue weighted by molar-refractivity contribution is 5.74. The molecule has 3 unspecified atom stereocenters. The fraction of sp³-hybridized carbons (Fsp3) is 0.588. The molecule has 0 bridgehead atoms. The van der Waals surface area contributed by atoms with Crippen LogP contribution in [0, 0.1) is 5.92 Å². The van der Waals surface area contributed by atoms with Crippen molar-refractivity contribution in [3.8, 4) is 0 Å². The molecule has 6 nitrogen and oxygen atoms in total. The molecular formula is C17H20F2N6. The Balaban J connectivity index is 1.51. The van der Waals surface area contributed by atoms with Crippen LogP contribution in [0.3, 0.4) is 0 Å². The number of rotatable bonds is 3.